The van der Waals surface area contributed by atoms with E-state index in [4.69, 9.17) is 9.72 Å². The lowest BCUT2D eigenvalue weighted by Gasteiger charge is -2.15. The molecule has 4 aromatic rings. The maximum Gasteiger partial charge on any atom is 0.282 e. The van der Waals surface area contributed by atoms with Crippen molar-refractivity contribution in [3.05, 3.63) is 76.6 Å². The number of benzene rings is 2. The number of allylic oxidation sites excluding steroid dienone is 2. The van der Waals surface area contributed by atoms with Gasteiger partial charge >= 0.3 is 0 Å². The summed E-state index contributed by atoms with van der Waals surface area (Å²) in [7, 11) is 3.20. The van der Waals surface area contributed by atoms with Crippen LogP contribution >= 0.6 is 0 Å². The molecule has 0 spiro atoms. The van der Waals surface area contributed by atoms with Crippen LogP contribution in [0.15, 0.2) is 80.4 Å². The van der Waals surface area contributed by atoms with Gasteiger partial charge in [0.15, 0.2) is 5.65 Å². The lowest BCUT2D eigenvalue weighted by atomic mass is 9.92. The summed E-state index contributed by atoms with van der Waals surface area (Å²) in [6.45, 7) is 3.43. The molecule has 0 radical (unpaired) electrons. The second kappa shape index (κ2) is 11.1. The number of hydrogen-bond acceptors (Lipinski definition) is 4. The molecule has 0 saturated carbocycles. The Labute approximate surface area is 220 Å². The van der Waals surface area contributed by atoms with Gasteiger partial charge in [-0.3, -0.25) is 19.9 Å². The molecule has 1 aliphatic carbocycles. The van der Waals surface area contributed by atoms with Crippen molar-refractivity contribution in [1.82, 2.24) is 14.6 Å². The number of fused-ring (bicyclic) bond motifs is 1. The van der Waals surface area contributed by atoms with E-state index in [0.29, 0.717) is 28.3 Å². The fourth-order valence-corrected chi connectivity index (χ4v) is 4.71. The topological polar surface area (TPSA) is 108 Å². The smallest absolute Gasteiger partial charge is 0.282 e. The second-order valence-electron chi connectivity index (χ2n) is 8.83. The summed E-state index contributed by atoms with van der Waals surface area (Å²) in [5.41, 5.74) is 5.31. The fourth-order valence-electron chi connectivity index (χ4n) is 4.71. The highest BCUT2D eigenvalue weighted by molar-refractivity contribution is 6.01. The van der Waals surface area contributed by atoms with E-state index in [1.54, 1.807) is 14.2 Å². The van der Waals surface area contributed by atoms with Crippen LogP contribution < -0.4 is 15.6 Å². The lowest BCUT2D eigenvalue weighted by molar-refractivity contribution is 0.415. The summed E-state index contributed by atoms with van der Waals surface area (Å²) in [5.74, 6) is 1.28. The predicted octanol–water partition coefficient (Wildman–Crippen LogP) is 5.45. The summed E-state index contributed by atoms with van der Waals surface area (Å²) in [4.78, 5) is 31.2. The SMILES string of the molecule is C=NC=NC(=NC)Nc1nc2c(C3=CCCCC3)c(-c3ccccc3)[nH]n2c(=O)c1-c1ccc(OC)cc1. The first-order valence-electron chi connectivity index (χ1n) is 12.4. The second-order valence-corrected chi connectivity index (χ2v) is 8.83. The van der Waals surface area contributed by atoms with Gasteiger partial charge in [-0.05, 0) is 55.7 Å². The van der Waals surface area contributed by atoms with Gasteiger partial charge in [-0.2, -0.15) is 4.52 Å². The van der Waals surface area contributed by atoms with Crippen LogP contribution in [0, 0.1) is 0 Å². The normalized spacial score (nSPS) is 14.1. The van der Waals surface area contributed by atoms with Gasteiger partial charge in [-0.25, -0.2) is 9.98 Å². The molecule has 5 rings (SSSR count). The first-order chi connectivity index (χ1) is 18.6. The highest BCUT2D eigenvalue weighted by atomic mass is 16.5. The van der Waals surface area contributed by atoms with Gasteiger partial charge in [0.1, 0.15) is 17.9 Å². The Bertz CT molecular complexity index is 1610. The van der Waals surface area contributed by atoms with Gasteiger partial charge in [0, 0.05) is 18.2 Å². The first-order valence-corrected chi connectivity index (χ1v) is 12.4. The zero-order valence-electron chi connectivity index (χ0n) is 21.4. The zero-order chi connectivity index (χ0) is 26.5. The van der Waals surface area contributed by atoms with Crippen molar-refractivity contribution in [3.8, 4) is 28.1 Å². The number of nitrogens with zero attached hydrogens (tertiary/aromatic N) is 5. The Balaban J connectivity index is 1.81. The van der Waals surface area contributed by atoms with Crippen LogP contribution in [0.5, 0.6) is 5.75 Å². The van der Waals surface area contributed by atoms with Crippen molar-refractivity contribution in [3.63, 3.8) is 0 Å². The van der Waals surface area contributed by atoms with E-state index in [0.717, 1.165) is 42.5 Å². The third-order valence-electron chi connectivity index (χ3n) is 6.54. The molecule has 0 aliphatic heterocycles. The van der Waals surface area contributed by atoms with Crippen LogP contribution in [0.1, 0.15) is 31.2 Å². The van der Waals surface area contributed by atoms with Crippen LogP contribution in [0.25, 0.3) is 33.6 Å². The summed E-state index contributed by atoms with van der Waals surface area (Å²) in [6.07, 6.45) is 7.70. The van der Waals surface area contributed by atoms with Crippen molar-refractivity contribution in [2.24, 2.45) is 15.0 Å². The molecule has 2 heterocycles. The van der Waals surface area contributed by atoms with Crippen molar-refractivity contribution in [2.75, 3.05) is 19.5 Å². The highest BCUT2D eigenvalue weighted by Crippen LogP contribution is 2.37. The molecule has 2 N–H and O–H groups in total. The fraction of sp³-hybridized carbons (Fsp3) is 0.207. The Morgan fingerprint density at radius 2 is 1.89 bits per heavy atom. The molecular formula is C29H29N7O2. The van der Waals surface area contributed by atoms with Crippen LogP contribution in [-0.4, -0.2) is 47.8 Å². The predicted molar refractivity (Wildman–Crippen MR) is 155 cm³/mol. The number of H-pyrrole nitrogens is 1. The van der Waals surface area contributed by atoms with E-state index in [1.807, 2.05) is 54.6 Å². The third kappa shape index (κ3) is 4.78. The van der Waals surface area contributed by atoms with Crippen LogP contribution in [0.3, 0.4) is 0 Å². The molecule has 38 heavy (non-hydrogen) atoms. The molecule has 0 saturated heterocycles. The number of anilines is 1. The zero-order valence-corrected chi connectivity index (χ0v) is 21.4. The van der Waals surface area contributed by atoms with Crippen LogP contribution in [0.2, 0.25) is 0 Å². The number of ether oxygens (including phenoxy) is 1. The van der Waals surface area contributed by atoms with E-state index < -0.39 is 0 Å². The van der Waals surface area contributed by atoms with Crippen LogP contribution in [-0.2, 0) is 0 Å². The molecule has 9 nitrogen and oxygen atoms in total. The minimum Gasteiger partial charge on any atom is -0.497 e. The Morgan fingerprint density at radius 1 is 1.11 bits per heavy atom. The van der Waals surface area contributed by atoms with Gasteiger partial charge in [0.25, 0.3) is 5.56 Å². The Hall–Kier alpha value is -4.79. The third-order valence-corrected chi connectivity index (χ3v) is 6.54. The Kier molecular flexibility index (Phi) is 7.26. The average Bonchev–Trinajstić information content (AvgIpc) is 3.36. The number of rotatable bonds is 6. The van der Waals surface area contributed by atoms with Crippen molar-refractivity contribution in [1.29, 1.82) is 0 Å². The van der Waals surface area contributed by atoms with Gasteiger partial charge in [0.05, 0.1) is 18.4 Å². The van der Waals surface area contributed by atoms with Gasteiger partial charge in [-0.1, -0.05) is 48.5 Å². The molecule has 0 unspecified atom stereocenters. The van der Waals surface area contributed by atoms with E-state index >= 15 is 0 Å². The maximum absolute atomic E-state index is 14.2. The maximum atomic E-state index is 14.2. The minimum atomic E-state index is -0.246. The molecule has 0 atom stereocenters. The first kappa shape index (κ1) is 24.9. The summed E-state index contributed by atoms with van der Waals surface area (Å²) < 4.78 is 6.85. The van der Waals surface area contributed by atoms with E-state index in [2.05, 4.69) is 38.2 Å². The minimum absolute atomic E-state index is 0.246. The average molecular weight is 508 g/mol. The largest absolute Gasteiger partial charge is 0.497 e. The van der Waals surface area contributed by atoms with E-state index in [1.165, 1.54) is 16.4 Å². The molecule has 0 fully saturated rings. The molecule has 2 aromatic carbocycles. The van der Waals surface area contributed by atoms with Gasteiger partial charge in [-0.15, -0.1) is 0 Å². The summed E-state index contributed by atoms with van der Waals surface area (Å²) in [6, 6.07) is 17.3. The quantitative estimate of drug-likeness (QED) is 0.267. The summed E-state index contributed by atoms with van der Waals surface area (Å²) in [5, 5.41) is 6.52. The van der Waals surface area contributed by atoms with E-state index in [9.17, 15) is 4.79 Å². The number of hydrogen-bond donors (Lipinski definition) is 2. The molecule has 1 aliphatic rings. The number of guanidine groups is 1. The molecule has 0 amide bonds. The van der Waals surface area contributed by atoms with E-state index in [-0.39, 0.29) is 11.5 Å². The van der Waals surface area contributed by atoms with Crippen LogP contribution in [0.4, 0.5) is 5.82 Å². The van der Waals surface area contributed by atoms with Crippen molar-refractivity contribution in [2.45, 2.75) is 25.7 Å². The van der Waals surface area contributed by atoms with Gasteiger partial charge < -0.3 is 10.1 Å². The standard InChI is InChI=1S/C29H29N7O2/c1-30-18-32-29(31-2)34-26-24(20-14-16-22(38-3)17-15-20)28(37)36-27(33-26)23(19-10-6-4-7-11-19)25(35-36)21-12-8-5-9-13-21/h5,8-10,12-18,35H,1,4,6-7,11H2,2-3H3,(H,31,34). The number of nitrogens with one attached hydrogen (secondary N) is 2. The summed E-state index contributed by atoms with van der Waals surface area (Å²) >= 11 is 0. The molecule has 192 valence electrons. The Morgan fingerprint density at radius 3 is 2.55 bits per heavy atom. The number of methoxy groups -OCH3 is 1. The number of aromatic nitrogens is 3. The molecule has 2 aromatic heterocycles. The molecular weight excluding hydrogens is 478 g/mol. The number of aliphatic imine (C=N–C) groups is 3. The van der Waals surface area contributed by atoms with Gasteiger partial charge in [0.2, 0.25) is 5.96 Å². The monoisotopic (exact) mass is 507 g/mol. The lowest BCUT2D eigenvalue weighted by Crippen LogP contribution is -2.22. The van der Waals surface area contributed by atoms with Crippen molar-refractivity contribution >= 4 is 36.1 Å². The molecule has 0 bridgehead atoms. The number of aromatic amines is 1. The van der Waals surface area contributed by atoms with Crippen molar-refractivity contribution < 1.29 is 4.74 Å². The highest BCUT2D eigenvalue weighted by Gasteiger charge is 2.24. The molecule has 9 heteroatoms.